The first-order chi connectivity index (χ1) is 13.7. The minimum Gasteiger partial charge on any atom is -0.369 e. The Morgan fingerprint density at radius 2 is 1.82 bits per heavy atom. The van der Waals surface area contributed by atoms with Gasteiger partial charge in [0, 0.05) is 57.1 Å². The van der Waals surface area contributed by atoms with Crippen LogP contribution in [-0.2, 0) is 11.3 Å². The van der Waals surface area contributed by atoms with Crippen molar-refractivity contribution in [2.45, 2.75) is 26.8 Å². The summed E-state index contributed by atoms with van der Waals surface area (Å²) in [6.07, 6.45) is 0.528. The van der Waals surface area contributed by atoms with Gasteiger partial charge in [-0.2, -0.15) is 0 Å². The number of benzene rings is 2. The zero-order chi connectivity index (χ0) is 19.8. The van der Waals surface area contributed by atoms with Crippen LogP contribution < -0.4 is 15.5 Å². The number of amides is 1. The third-order valence-electron chi connectivity index (χ3n) is 5.25. The van der Waals surface area contributed by atoms with Crippen LogP contribution in [0.25, 0.3) is 0 Å². The van der Waals surface area contributed by atoms with Gasteiger partial charge in [-0.25, -0.2) is 0 Å². The smallest absolute Gasteiger partial charge is 0.225 e. The number of carbonyl (C=O) groups excluding carboxylic acids is 1. The Kier molecular flexibility index (Phi) is 7.46. The fourth-order valence-electron chi connectivity index (χ4n) is 3.58. The van der Waals surface area contributed by atoms with E-state index in [1.54, 1.807) is 0 Å². The Balaban J connectivity index is 1.44. The summed E-state index contributed by atoms with van der Waals surface area (Å²) in [7, 11) is 0. The van der Waals surface area contributed by atoms with Crippen LogP contribution in [0.3, 0.4) is 0 Å². The first-order valence-electron chi connectivity index (χ1n) is 10.3. The largest absolute Gasteiger partial charge is 0.369 e. The van der Waals surface area contributed by atoms with Crippen molar-refractivity contribution in [3.05, 3.63) is 59.7 Å². The average molecular weight is 381 g/mol. The molecule has 5 heteroatoms. The van der Waals surface area contributed by atoms with Gasteiger partial charge in [0.2, 0.25) is 5.91 Å². The molecule has 150 valence electrons. The van der Waals surface area contributed by atoms with Gasteiger partial charge < -0.3 is 15.5 Å². The number of hydrogen-bond acceptors (Lipinski definition) is 4. The number of piperazine rings is 1. The van der Waals surface area contributed by atoms with Crippen molar-refractivity contribution in [1.82, 2.24) is 10.2 Å². The van der Waals surface area contributed by atoms with Gasteiger partial charge in [0.05, 0.1) is 0 Å². The van der Waals surface area contributed by atoms with Gasteiger partial charge in [0.25, 0.3) is 0 Å². The van der Waals surface area contributed by atoms with Gasteiger partial charge in [-0.3, -0.25) is 9.69 Å². The Morgan fingerprint density at radius 3 is 2.57 bits per heavy atom. The van der Waals surface area contributed by atoms with Crippen molar-refractivity contribution in [2.24, 2.45) is 0 Å². The zero-order valence-electron chi connectivity index (χ0n) is 17.1. The number of carbonyl (C=O) groups is 1. The predicted molar refractivity (Wildman–Crippen MR) is 117 cm³/mol. The van der Waals surface area contributed by atoms with Crippen LogP contribution in [0.2, 0.25) is 0 Å². The normalized spacial score (nSPS) is 14.9. The Bertz CT molecular complexity index is 769. The topological polar surface area (TPSA) is 47.6 Å². The van der Waals surface area contributed by atoms with E-state index in [4.69, 9.17) is 0 Å². The summed E-state index contributed by atoms with van der Waals surface area (Å²) in [6, 6.07) is 16.7. The molecule has 1 heterocycles. The highest BCUT2D eigenvalue weighted by molar-refractivity contribution is 5.91. The van der Waals surface area contributed by atoms with E-state index >= 15 is 0 Å². The second-order valence-corrected chi connectivity index (χ2v) is 7.40. The highest BCUT2D eigenvalue weighted by Gasteiger charge is 2.18. The van der Waals surface area contributed by atoms with E-state index in [-0.39, 0.29) is 5.91 Å². The molecule has 0 spiro atoms. The molecule has 2 aromatic rings. The molecule has 0 unspecified atom stereocenters. The molecule has 5 nitrogen and oxygen atoms in total. The zero-order valence-corrected chi connectivity index (χ0v) is 17.1. The summed E-state index contributed by atoms with van der Waals surface area (Å²) in [4.78, 5) is 17.3. The lowest BCUT2D eigenvalue weighted by molar-refractivity contribution is -0.116. The molecule has 28 heavy (non-hydrogen) atoms. The van der Waals surface area contributed by atoms with Gasteiger partial charge in [-0.15, -0.1) is 0 Å². The van der Waals surface area contributed by atoms with Crippen molar-refractivity contribution in [2.75, 3.05) is 49.5 Å². The lowest BCUT2D eigenvalue weighted by Gasteiger charge is -2.36. The van der Waals surface area contributed by atoms with E-state index in [9.17, 15) is 4.79 Å². The highest BCUT2D eigenvalue weighted by Crippen LogP contribution is 2.18. The molecule has 1 amide bonds. The number of rotatable bonds is 8. The van der Waals surface area contributed by atoms with Crippen molar-refractivity contribution in [3.8, 4) is 0 Å². The second-order valence-electron chi connectivity index (χ2n) is 7.40. The molecular weight excluding hydrogens is 348 g/mol. The van der Waals surface area contributed by atoms with Gasteiger partial charge in [0.1, 0.15) is 0 Å². The third-order valence-corrected chi connectivity index (χ3v) is 5.25. The molecule has 2 aromatic carbocycles. The third kappa shape index (κ3) is 5.81. The van der Waals surface area contributed by atoms with Crippen molar-refractivity contribution >= 4 is 17.3 Å². The molecule has 0 saturated carbocycles. The monoisotopic (exact) mass is 380 g/mol. The lowest BCUT2D eigenvalue weighted by atomic mass is 10.1. The molecule has 1 saturated heterocycles. The van der Waals surface area contributed by atoms with E-state index in [0.29, 0.717) is 6.42 Å². The number of nitrogens with one attached hydrogen (secondary N) is 2. The molecule has 1 aliphatic rings. The van der Waals surface area contributed by atoms with Crippen LogP contribution in [-0.4, -0.2) is 50.1 Å². The van der Waals surface area contributed by atoms with Crippen molar-refractivity contribution in [1.29, 1.82) is 0 Å². The number of aryl methyl sites for hydroxylation is 1. The van der Waals surface area contributed by atoms with Crippen LogP contribution in [0.15, 0.2) is 48.5 Å². The average Bonchev–Trinajstić information content (AvgIpc) is 2.72. The lowest BCUT2D eigenvalue weighted by Crippen LogP contribution is -2.47. The first kappa shape index (κ1) is 20.4. The van der Waals surface area contributed by atoms with E-state index in [2.05, 4.69) is 64.6 Å². The molecule has 0 aliphatic carbocycles. The van der Waals surface area contributed by atoms with Crippen LogP contribution in [0.5, 0.6) is 0 Å². The maximum atomic E-state index is 12.4. The summed E-state index contributed by atoms with van der Waals surface area (Å²) in [5, 5.41) is 6.40. The fraction of sp³-hybridized carbons (Fsp3) is 0.435. The van der Waals surface area contributed by atoms with Crippen LogP contribution >= 0.6 is 0 Å². The maximum Gasteiger partial charge on any atom is 0.225 e. The number of nitrogens with zero attached hydrogens (tertiary/aromatic N) is 2. The van der Waals surface area contributed by atoms with Gasteiger partial charge in [0.15, 0.2) is 0 Å². The highest BCUT2D eigenvalue weighted by atomic mass is 16.1. The molecule has 1 aliphatic heterocycles. The minimum atomic E-state index is 0.0880. The maximum absolute atomic E-state index is 12.4. The number of anilines is 2. The molecular formula is C23H32N4O. The second kappa shape index (κ2) is 10.2. The van der Waals surface area contributed by atoms with E-state index in [1.165, 1.54) is 11.3 Å². The molecule has 0 bridgehead atoms. The van der Waals surface area contributed by atoms with Gasteiger partial charge in [-0.1, -0.05) is 37.3 Å². The van der Waals surface area contributed by atoms with E-state index in [1.807, 2.05) is 18.2 Å². The van der Waals surface area contributed by atoms with Crippen molar-refractivity contribution in [3.63, 3.8) is 0 Å². The van der Waals surface area contributed by atoms with E-state index < -0.39 is 0 Å². The molecule has 0 radical (unpaired) electrons. The molecule has 1 fully saturated rings. The van der Waals surface area contributed by atoms with Gasteiger partial charge in [-0.05, 0) is 42.8 Å². The number of hydrogen-bond donors (Lipinski definition) is 2. The summed E-state index contributed by atoms with van der Waals surface area (Å²) in [5.41, 5.74) is 4.64. The molecule has 0 aromatic heterocycles. The van der Waals surface area contributed by atoms with Crippen LogP contribution in [0, 0.1) is 6.92 Å². The molecule has 3 rings (SSSR count). The van der Waals surface area contributed by atoms with E-state index in [0.717, 1.165) is 57.1 Å². The first-order valence-corrected chi connectivity index (χ1v) is 10.3. The summed E-state index contributed by atoms with van der Waals surface area (Å²) >= 11 is 0. The summed E-state index contributed by atoms with van der Waals surface area (Å²) < 4.78 is 0. The predicted octanol–water partition coefficient (Wildman–Crippen LogP) is 3.26. The minimum absolute atomic E-state index is 0.0880. The Hall–Kier alpha value is -2.37. The Labute approximate surface area is 168 Å². The summed E-state index contributed by atoms with van der Waals surface area (Å²) in [6.45, 7) is 10.7. The fourth-order valence-corrected chi connectivity index (χ4v) is 3.58. The SMILES string of the molecule is CCNCc1ccccc1NC(=O)CCN1CCN(c2cccc(C)c2)CC1. The van der Waals surface area contributed by atoms with Gasteiger partial charge >= 0.3 is 0 Å². The standard InChI is InChI=1S/C23H32N4O/c1-3-24-18-20-8-4-5-10-22(20)25-23(28)11-12-26-13-15-27(16-14-26)21-9-6-7-19(2)17-21/h4-10,17,24H,3,11-16,18H2,1-2H3,(H,25,28). The van der Waals surface area contributed by atoms with Crippen LogP contribution in [0.1, 0.15) is 24.5 Å². The molecule has 0 atom stereocenters. The van der Waals surface area contributed by atoms with Crippen molar-refractivity contribution < 1.29 is 4.79 Å². The summed E-state index contributed by atoms with van der Waals surface area (Å²) in [5.74, 6) is 0.0880. The van der Waals surface area contributed by atoms with Crippen LogP contribution in [0.4, 0.5) is 11.4 Å². The number of para-hydroxylation sites is 1. The quantitative estimate of drug-likeness (QED) is 0.738. The Morgan fingerprint density at radius 1 is 1.04 bits per heavy atom. The molecule has 2 N–H and O–H groups in total.